The summed E-state index contributed by atoms with van der Waals surface area (Å²) in [7, 11) is -1.04. The second-order valence-electron chi connectivity index (χ2n) is 20.0. The van der Waals surface area contributed by atoms with Gasteiger partial charge in [0.05, 0.1) is 57.7 Å². The highest BCUT2D eigenvalue weighted by Gasteiger charge is 2.29. The van der Waals surface area contributed by atoms with E-state index in [9.17, 15) is 27.6 Å². The van der Waals surface area contributed by atoms with Gasteiger partial charge in [-0.25, -0.2) is 27.6 Å². The zero-order chi connectivity index (χ0) is 55.2. The number of hydrogen-bond acceptors (Lipinski definition) is 12. The first kappa shape index (κ1) is 53.9. The molecule has 2 fully saturated rings. The normalized spacial score (nSPS) is 13.7. The van der Waals surface area contributed by atoms with Gasteiger partial charge in [-0.3, -0.25) is 37.7 Å². The molecule has 22 heteroatoms. The van der Waals surface area contributed by atoms with E-state index in [0.717, 1.165) is 74.7 Å². The molecule has 2 aliphatic rings. The van der Waals surface area contributed by atoms with Crippen LogP contribution in [0.25, 0.3) is 27.9 Å². The molecule has 3 amide bonds. The lowest BCUT2D eigenvalue weighted by Crippen LogP contribution is -2.50. The number of hydrogen-bond donors (Lipinski definition) is 4. The molecule has 412 valence electrons. The monoisotopic (exact) mass is 1090 g/mol. The number of rotatable bonds is 23. The van der Waals surface area contributed by atoms with E-state index in [1.165, 1.54) is 33.4 Å². The fraction of sp³-hybridized carbons (Fsp3) is 0.351. The Morgan fingerprint density at radius 1 is 0.810 bits per heavy atom. The summed E-state index contributed by atoms with van der Waals surface area (Å²) in [5.41, 5.74) is 4.51. The molecule has 4 N–H and O–H groups in total. The maximum Gasteiger partial charge on any atom is 0.328 e. The molecule has 10 rings (SSSR count). The van der Waals surface area contributed by atoms with E-state index in [-0.39, 0.29) is 50.7 Å². The number of halogens is 1. The summed E-state index contributed by atoms with van der Waals surface area (Å²) >= 11 is 0. The Balaban J connectivity index is 0.640. The van der Waals surface area contributed by atoms with Gasteiger partial charge in [-0.15, -0.1) is 0 Å². The van der Waals surface area contributed by atoms with Crippen molar-refractivity contribution in [3.63, 3.8) is 0 Å². The molecule has 8 aromatic rings. The van der Waals surface area contributed by atoms with Crippen LogP contribution in [0.1, 0.15) is 103 Å². The molecule has 1 saturated carbocycles. The zero-order valence-corrected chi connectivity index (χ0v) is 45.2. The minimum absolute atomic E-state index is 0.0439. The van der Waals surface area contributed by atoms with E-state index in [1.54, 1.807) is 97.1 Å². The number of carbonyl (C=O) groups is 3. The van der Waals surface area contributed by atoms with E-state index in [1.807, 2.05) is 17.5 Å². The Hall–Kier alpha value is -8.53. The van der Waals surface area contributed by atoms with Crippen molar-refractivity contribution in [1.29, 1.82) is 0 Å². The third-order valence-electron chi connectivity index (χ3n) is 14.3. The number of H-pyrrole nitrogens is 1. The number of aromatic amines is 1. The molecule has 0 bridgehead atoms. The number of sulfonamides is 1. The molecular formula is C57H63FN12O8S. The second-order valence-corrected chi connectivity index (χ2v) is 21.7. The number of nitrogens with one attached hydrogen (secondary N) is 4. The number of piperazine rings is 1. The lowest BCUT2D eigenvalue weighted by molar-refractivity contribution is -0.132. The average molecular weight is 1100 g/mol. The zero-order valence-electron chi connectivity index (χ0n) is 44.3. The minimum Gasteiger partial charge on any atom is -0.493 e. The predicted octanol–water partition coefficient (Wildman–Crippen LogP) is 8.90. The van der Waals surface area contributed by atoms with Crippen LogP contribution >= 0.6 is 0 Å². The fourth-order valence-electron chi connectivity index (χ4n) is 9.73. The van der Waals surface area contributed by atoms with E-state index in [2.05, 4.69) is 30.5 Å². The topological polar surface area (TPSA) is 232 Å². The third kappa shape index (κ3) is 12.3. The first-order valence-corrected chi connectivity index (χ1v) is 28.2. The number of aromatic nitrogens is 7. The highest BCUT2D eigenvalue weighted by molar-refractivity contribution is 7.92. The van der Waals surface area contributed by atoms with Crippen molar-refractivity contribution in [2.45, 2.75) is 81.9 Å². The van der Waals surface area contributed by atoms with Gasteiger partial charge in [-0.2, -0.15) is 5.10 Å². The SMILES string of the molecule is CCCOc1cccc(Oc2cc3c(cc2NS(=O)(=O)c2cccc(C(=O)NCCCCCCCCC(=O)N4CCN(C(=O)c5ccc(Nc6nc(C7CC7)cn7c(-c8cn[nH]c8)cnc67)c(F)c5)CC4)c2)n(C)c(=O)n3C)c1. The summed E-state index contributed by atoms with van der Waals surface area (Å²) < 4.78 is 62.9. The maximum absolute atomic E-state index is 15.7. The van der Waals surface area contributed by atoms with Gasteiger partial charge in [0, 0.05) is 100 Å². The van der Waals surface area contributed by atoms with Gasteiger partial charge in [0.1, 0.15) is 17.3 Å². The second kappa shape index (κ2) is 23.6. The van der Waals surface area contributed by atoms with Gasteiger partial charge in [0.15, 0.2) is 17.2 Å². The molecule has 4 aromatic heterocycles. The molecule has 79 heavy (non-hydrogen) atoms. The van der Waals surface area contributed by atoms with Gasteiger partial charge in [0.25, 0.3) is 21.8 Å². The Labute approximate surface area is 456 Å². The standard InChI is InChI=1S/C57H63FN12O8S/c1-4-27-77-41-14-12-15-42(30-41)78-51-32-49-48(66(2)57(74)67(49)3)31-46(51)65-79(75,76)43-16-11-13-38(28-43)55(72)59-22-10-8-6-5-7-9-17-52(71)68-23-25-69(26-24-68)56(73)39-20-21-45(44(58)29-39)63-53-54-60-35-50(40-33-61-62-34-40)70(54)36-47(64-53)37-18-19-37/h11-16,20-21,28-37,65H,4-10,17-19,22-27H2,1-3H3,(H,59,72)(H,61,62)(H,63,64). The lowest BCUT2D eigenvalue weighted by atomic mass is 10.1. The van der Waals surface area contributed by atoms with Gasteiger partial charge in [-0.1, -0.05) is 44.7 Å². The van der Waals surface area contributed by atoms with Crippen molar-refractivity contribution in [1.82, 2.24) is 48.8 Å². The number of unbranched alkanes of at least 4 members (excludes halogenated alkanes) is 5. The number of aryl methyl sites for hydroxylation is 2. The molecule has 1 aliphatic carbocycles. The quantitative estimate of drug-likeness (QED) is 0.0440. The average Bonchev–Trinajstić information content (AvgIpc) is 3.94. The molecule has 1 saturated heterocycles. The summed E-state index contributed by atoms with van der Waals surface area (Å²) in [4.78, 5) is 65.4. The number of ether oxygens (including phenoxy) is 2. The summed E-state index contributed by atoms with van der Waals surface area (Å²) in [5, 5.41) is 12.9. The Kier molecular flexibility index (Phi) is 16.1. The summed E-state index contributed by atoms with van der Waals surface area (Å²) in [6.07, 6.45) is 15.5. The Morgan fingerprint density at radius 3 is 2.29 bits per heavy atom. The van der Waals surface area contributed by atoms with Crippen LogP contribution in [0.4, 0.5) is 21.6 Å². The predicted molar refractivity (Wildman–Crippen MR) is 297 cm³/mol. The minimum atomic E-state index is -4.26. The van der Waals surface area contributed by atoms with Gasteiger partial charge in [-0.05, 0) is 86.7 Å². The third-order valence-corrected chi connectivity index (χ3v) is 15.7. The van der Waals surface area contributed by atoms with Gasteiger partial charge >= 0.3 is 5.69 Å². The van der Waals surface area contributed by atoms with Crippen molar-refractivity contribution >= 4 is 61.6 Å². The smallest absolute Gasteiger partial charge is 0.328 e. The number of imidazole rings is 2. The van der Waals surface area contributed by atoms with Crippen LogP contribution in [-0.4, -0.2) is 109 Å². The molecule has 5 heterocycles. The molecule has 1 aliphatic heterocycles. The fourth-order valence-corrected chi connectivity index (χ4v) is 10.8. The van der Waals surface area contributed by atoms with E-state index < -0.39 is 21.7 Å². The van der Waals surface area contributed by atoms with Crippen LogP contribution in [-0.2, 0) is 28.9 Å². The molecule has 0 radical (unpaired) electrons. The first-order chi connectivity index (χ1) is 38.2. The summed E-state index contributed by atoms with van der Waals surface area (Å²) in [6.45, 7) is 4.41. The van der Waals surface area contributed by atoms with Gasteiger partial charge in [0.2, 0.25) is 5.91 Å². The molecule has 20 nitrogen and oxygen atoms in total. The van der Waals surface area contributed by atoms with Gasteiger partial charge < -0.3 is 29.9 Å². The number of nitrogens with zero attached hydrogens (tertiary/aromatic N) is 8. The maximum atomic E-state index is 15.7. The molecular weight excluding hydrogens is 1030 g/mol. The van der Waals surface area contributed by atoms with Crippen LogP contribution in [0, 0.1) is 5.82 Å². The molecule has 4 aromatic carbocycles. The Morgan fingerprint density at radius 2 is 1.54 bits per heavy atom. The van der Waals surface area contributed by atoms with Crippen LogP contribution in [0.15, 0.2) is 113 Å². The summed E-state index contributed by atoms with van der Waals surface area (Å²) in [6, 6.07) is 20.3. The highest BCUT2D eigenvalue weighted by atomic mass is 32.2. The molecule has 0 unspecified atom stereocenters. The van der Waals surface area contributed by atoms with Crippen LogP contribution in [0.5, 0.6) is 17.2 Å². The first-order valence-electron chi connectivity index (χ1n) is 26.8. The van der Waals surface area contributed by atoms with Crippen molar-refractivity contribution in [2.75, 3.05) is 49.4 Å². The number of benzene rings is 4. The van der Waals surface area contributed by atoms with Crippen LogP contribution in [0.3, 0.4) is 0 Å². The van der Waals surface area contributed by atoms with E-state index >= 15 is 4.39 Å². The van der Waals surface area contributed by atoms with Crippen LogP contribution in [0.2, 0.25) is 0 Å². The van der Waals surface area contributed by atoms with E-state index in [0.29, 0.717) is 85.7 Å². The highest BCUT2D eigenvalue weighted by Crippen LogP contribution is 2.41. The van der Waals surface area contributed by atoms with E-state index in [4.69, 9.17) is 14.5 Å². The largest absolute Gasteiger partial charge is 0.493 e. The summed E-state index contributed by atoms with van der Waals surface area (Å²) in [5.74, 6) is 0.638. The Bertz CT molecular complexity index is 3710. The van der Waals surface area contributed by atoms with Crippen molar-refractivity contribution in [2.24, 2.45) is 14.1 Å². The molecule has 0 spiro atoms. The number of amides is 3. The number of fused-ring (bicyclic) bond motifs is 2. The molecule has 0 atom stereocenters. The lowest BCUT2D eigenvalue weighted by Gasteiger charge is -2.35. The number of carbonyl (C=O) groups excluding carboxylic acids is 3. The van der Waals surface area contributed by atoms with Crippen LogP contribution < -0.4 is 30.5 Å². The van der Waals surface area contributed by atoms with Crippen molar-refractivity contribution < 1.29 is 36.7 Å². The van der Waals surface area contributed by atoms with Crippen molar-refractivity contribution in [3.8, 4) is 28.5 Å². The number of anilines is 3. The van der Waals surface area contributed by atoms with Crippen molar-refractivity contribution in [3.05, 3.63) is 137 Å².